The van der Waals surface area contributed by atoms with E-state index < -0.39 is 12.3 Å². The fourth-order valence-electron chi connectivity index (χ4n) is 1.96. The van der Waals surface area contributed by atoms with Gasteiger partial charge in [-0.2, -0.15) is 5.10 Å². The zero-order valence-electron chi connectivity index (χ0n) is 13.3. The molecule has 0 aliphatic rings. The van der Waals surface area contributed by atoms with Gasteiger partial charge in [-0.15, -0.1) is 13.2 Å². The normalized spacial score (nSPS) is 11.3. The second-order valence-corrected chi connectivity index (χ2v) is 5.55. The molecule has 0 amide bonds. The van der Waals surface area contributed by atoms with Crippen LogP contribution in [0, 0.1) is 0 Å². The van der Waals surface area contributed by atoms with Crippen molar-refractivity contribution >= 4 is 21.9 Å². The number of alkyl halides is 3. The molecule has 0 bridgehead atoms. The van der Waals surface area contributed by atoms with Crippen molar-refractivity contribution in [1.29, 1.82) is 0 Å². The molecule has 0 aliphatic carbocycles. The fraction of sp³-hybridized carbons (Fsp3) is 0.333. The third kappa shape index (κ3) is 5.12. The van der Waals surface area contributed by atoms with E-state index in [0.29, 0.717) is 15.9 Å². The van der Waals surface area contributed by atoms with Gasteiger partial charge in [-0.25, -0.2) is 4.79 Å². The first-order chi connectivity index (χ1) is 11.7. The molecule has 0 saturated heterocycles. The molecular weight excluding hydrogens is 409 g/mol. The SMILES string of the molecule is CCOC(=O)c1c(Br)c(COc2ccc(OC(F)(F)F)cc2)nn1C. The second-order valence-electron chi connectivity index (χ2n) is 4.76. The summed E-state index contributed by atoms with van der Waals surface area (Å²) >= 11 is 3.28. The Bertz CT molecular complexity index is 744. The predicted molar refractivity (Wildman–Crippen MR) is 84.3 cm³/mol. The molecule has 136 valence electrons. The van der Waals surface area contributed by atoms with Crippen molar-refractivity contribution in [1.82, 2.24) is 9.78 Å². The molecule has 25 heavy (non-hydrogen) atoms. The van der Waals surface area contributed by atoms with Gasteiger partial charge < -0.3 is 14.2 Å². The molecule has 0 aliphatic heterocycles. The van der Waals surface area contributed by atoms with Crippen LogP contribution in [0.15, 0.2) is 28.7 Å². The lowest BCUT2D eigenvalue weighted by molar-refractivity contribution is -0.274. The van der Waals surface area contributed by atoms with Gasteiger partial charge in [0.15, 0.2) is 5.69 Å². The van der Waals surface area contributed by atoms with Crippen LogP contribution in [0.1, 0.15) is 23.1 Å². The molecule has 0 fully saturated rings. The number of carbonyl (C=O) groups is 1. The molecule has 0 atom stereocenters. The van der Waals surface area contributed by atoms with Gasteiger partial charge in [0.25, 0.3) is 0 Å². The van der Waals surface area contributed by atoms with Crippen LogP contribution < -0.4 is 9.47 Å². The first-order valence-corrected chi connectivity index (χ1v) is 7.87. The average molecular weight is 423 g/mol. The second kappa shape index (κ2) is 7.77. The molecule has 10 heteroatoms. The number of benzene rings is 1. The Labute approximate surface area is 149 Å². The van der Waals surface area contributed by atoms with Crippen molar-refractivity contribution in [3.63, 3.8) is 0 Å². The highest BCUT2D eigenvalue weighted by Crippen LogP contribution is 2.26. The van der Waals surface area contributed by atoms with Gasteiger partial charge in [-0.1, -0.05) is 0 Å². The van der Waals surface area contributed by atoms with Gasteiger partial charge in [0.05, 0.1) is 11.1 Å². The number of esters is 1. The van der Waals surface area contributed by atoms with E-state index in [1.807, 2.05) is 0 Å². The number of ether oxygens (including phenoxy) is 3. The summed E-state index contributed by atoms with van der Waals surface area (Å²) in [6, 6.07) is 4.95. The van der Waals surface area contributed by atoms with Gasteiger partial charge in [-0.05, 0) is 47.1 Å². The number of nitrogens with zero attached hydrogens (tertiary/aromatic N) is 2. The van der Waals surface area contributed by atoms with Crippen molar-refractivity contribution in [2.75, 3.05) is 6.61 Å². The molecule has 0 unspecified atom stereocenters. The van der Waals surface area contributed by atoms with Crippen LogP contribution in [0.2, 0.25) is 0 Å². The molecule has 2 rings (SSSR count). The lowest BCUT2D eigenvalue weighted by Gasteiger charge is -2.09. The van der Waals surface area contributed by atoms with Gasteiger partial charge in [0.2, 0.25) is 0 Å². The zero-order valence-corrected chi connectivity index (χ0v) is 14.8. The summed E-state index contributed by atoms with van der Waals surface area (Å²) in [6.07, 6.45) is -4.75. The fourth-order valence-corrected chi connectivity index (χ4v) is 2.57. The van der Waals surface area contributed by atoms with Gasteiger partial charge >= 0.3 is 12.3 Å². The standard InChI is InChI=1S/C15H14BrF3N2O4/c1-3-23-14(22)13-12(16)11(20-21(13)2)8-24-9-4-6-10(7-5-9)25-15(17,18)19/h4-7H,3,8H2,1-2H3. The van der Waals surface area contributed by atoms with E-state index in [1.54, 1.807) is 14.0 Å². The molecule has 6 nitrogen and oxygen atoms in total. The van der Waals surface area contributed by atoms with Gasteiger partial charge in [-0.3, -0.25) is 4.68 Å². The quantitative estimate of drug-likeness (QED) is 0.661. The van der Waals surface area contributed by atoms with E-state index >= 15 is 0 Å². The summed E-state index contributed by atoms with van der Waals surface area (Å²) < 4.78 is 52.3. The number of carbonyl (C=O) groups excluding carboxylic acids is 1. The molecule has 0 radical (unpaired) electrons. The molecular formula is C15H14BrF3N2O4. The number of aryl methyl sites for hydroxylation is 1. The molecule has 1 heterocycles. The van der Waals surface area contributed by atoms with E-state index in [2.05, 4.69) is 25.8 Å². The van der Waals surface area contributed by atoms with Crippen molar-refractivity contribution in [3.8, 4) is 11.5 Å². The van der Waals surface area contributed by atoms with Gasteiger partial charge in [0, 0.05) is 7.05 Å². The Morgan fingerprint density at radius 3 is 2.40 bits per heavy atom. The largest absolute Gasteiger partial charge is 0.573 e. The maximum Gasteiger partial charge on any atom is 0.573 e. The van der Waals surface area contributed by atoms with E-state index in [9.17, 15) is 18.0 Å². The predicted octanol–water partition coefficient (Wildman–Crippen LogP) is 3.84. The minimum atomic E-state index is -4.75. The number of aromatic nitrogens is 2. The van der Waals surface area contributed by atoms with Crippen LogP contribution in [0.3, 0.4) is 0 Å². The number of rotatable bonds is 6. The number of hydrogen-bond acceptors (Lipinski definition) is 5. The van der Waals surface area contributed by atoms with Crippen LogP contribution in [0.25, 0.3) is 0 Å². The summed E-state index contributed by atoms with van der Waals surface area (Å²) in [4.78, 5) is 11.9. The van der Waals surface area contributed by atoms with Crippen LogP contribution in [-0.4, -0.2) is 28.7 Å². The van der Waals surface area contributed by atoms with E-state index in [4.69, 9.17) is 9.47 Å². The van der Waals surface area contributed by atoms with Crippen molar-refractivity contribution in [3.05, 3.63) is 40.1 Å². The Balaban J connectivity index is 2.04. The Morgan fingerprint density at radius 1 is 1.24 bits per heavy atom. The summed E-state index contributed by atoms with van der Waals surface area (Å²) in [6.45, 7) is 1.93. The smallest absolute Gasteiger partial charge is 0.487 e. The Kier molecular flexibility index (Phi) is 5.93. The van der Waals surface area contributed by atoms with Crippen molar-refractivity contribution < 1.29 is 32.2 Å². The van der Waals surface area contributed by atoms with Crippen LogP contribution in [-0.2, 0) is 18.4 Å². The summed E-state index contributed by atoms with van der Waals surface area (Å²) in [5.41, 5.74) is 0.690. The molecule has 1 aromatic carbocycles. The van der Waals surface area contributed by atoms with Gasteiger partial charge in [0.1, 0.15) is 23.8 Å². The third-order valence-electron chi connectivity index (χ3n) is 2.96. The minimum absolute atomic E-state index is 0.00725. The van der Waals surface area contributed by atoms with E-state index in [1.165, 1.54) is 16.8 Å². The molecule has 0 saturated carbocycles. The maximum atomic E-state index is 12.1. The zero-order chi connectivity index (χ0) is 18.6. The molecule has 2 aromatic rings. The Morgan fingerprint density at radius 2 is 1.84 bits per heavy atom. The maximum absolute atomic E-state index is 12.1. The molecule has 1 aromatic heterocycles. The molecule has 0 N–H and O–H groups in total. The summed E-state index contributed by atoms with van der Waals surface area (Å²) in [5, 5.41) is 4.17. The highest BCUT2D eigenvalue weighted by molar-refractivity contribution is 9.10. The lowest BCUT2D eigenvalue weighted by Crippen LogP contribution is -2.16. The minimum Gasteiger partial charge on any atom is -0.487 e. The average Bonchev–Trinajstić information content (AvgIpc) is 2.79. The molecule has 0 spiro atoms. The highest BCUT2D eigenvalue weighted by Gasteiger charge is 2.31. The first-order valence-electron chi connectivity index (χ1n) is 7.08. The van der Waals surface area contributed by atoms with Crippen LogP contribution >= 0.6 is 15.9 Å². The van der Waals surface area contributed by atoms with Crippen molar-refractivity contribution in [2.45, 2.75) is 19.9 Å². The topological polar surface area (TPSA) is 62.6 Å². The summed E-state index contributed by atoms with van der Waals surface area (Å²) in [5.74, 6) is -0.544. The highest BCUT2D eigenvalue weighted by atomic mass is 79.9. The van der Waals surface area contributed by atoms with Crippen LogP contribution in [0.4, 0.5) is 13.2 Å². The monoisotopic (exact) mass is 422 g/mol. The van der Waals surface area contributed by atoms with E-state index in [-0.39, 0.29) is 24.7 Å². The van der Waals surface area contributed by atoms with Crippen LogP contribution in [0.5, 0.6) is 11.5 Å². The van der Waals surface area contributed by atoms with E-state index in [0.717, 1.165) is 12.1 Å². The number of hydrogen-bond donors (Lipinski definition) is 0. The summed E-state index contributed by atoms with van der Waals surface area (Å²) in [7, 11) is 1.59. The van der Waals surface area contributed by atoms with Crippen molar-refractivity contribution in [2.24, 2.45) is 7.05 Å². The first kappa shape index (κ1) is 19.1. The Hall–Kier alpha value is -2.23. The number of halogens is 4. The lowest BCUT2D eigenvalue weighted by atomic mass is 10.3. The third-order valence-corrected chi connectivity index (χ3v) is 3.79.